The highest BCUT2D eigenvalue weighted by Gasteiger charge is 2.16. The second kappa shape index (κ2) is 8.97. The van der Waals surface area contributed by atoms with Gasteiger partial charge in [-0.15, -0.1) is 0 Å². The summed E-state index contributed by atoms with van der Waals surface area (Å²) in [6.07, 6.45) is 0. The van der Waals surface area contributed by atoms with Gasteiger partial charge in [-0.05, 0) is 53.6 Å². The summed E-state index contributed by atoms with van der Waals surface area (Å²) < 4.78 is 10.9. The Labute approximate surface area is 179 Å². The molecule has 0 aliphatic heterocycles. The van der Waals surface area contributed by atoms with Gasteiger partial charge < -0.3 is 14.6 Å². The van der Waals surface area contributed by atoms with Crippen LogP contribution in [0, 0.1) is 0 Å². The number of carbonyl (C=O) groups excluding carboxylic acids is 2. The second-order valence-electron chi connectivity index (χ2n) is 6.72. The minimum Gasteiger partial charge on any atom is -0.508 e. The molecule has 4 rings (SSSR count). The molecule has 31 heavy (non-hydrogen) atoms. The number of hydrogen-bond acceptors (Lipinski definition) is 5. The van der Waals surface area contributed by atoms with Gasteiger partial charge in [-0.2, -0.15) is 0 Å². The summed E-state index contributed by atoms with van der Waals surface area (Å²) in [5.41, 5.74) is 2.10. The van der Waals surface area contributed by atoms with Gasteiger partial charge in [-0.25, -0.2) is 9.59 Å². The predicted octanol–water partition coefficient (Wildman–Crippen LogP) is 5.50. The molecule has 4 aromatic carbocycles. The number of rotatable bonds is 5. The average molecular weight is 410 g/mol. The number of ether oxygens (including phenoxy) is 2. The lowest BCUT2D eigenvalue weighted by Gasteiger charge is -2.11. The van der Waals surface area contributed by atoms with Gasteiger partial charge in [0.2, 0.25) is 0 Å². The van der Waals surface area contributed by atoms with E-state index in [1.165, 1.54) is 6.07 Å². The smallest absolute Gasteiger partial charge is 0.344 e. The largest absolute Gasteiger partial charge is 0.508 e. The molecule has 0 aliphatic rings. The molecule has 152 valence electrons. The highest BCUT2D eigenvalue weighted by atomic mass is 16.5. The summed E-state index contributed by atoms with van der Waals surface area (Å²) in [5.74, 6) is -0.452. The van der Waals surface area contributed by atoms with Crippen LogP contribution in [0.1, 0.15) is 20.7 Å². The molecule has 4 aromatic rings. The molecule has 5 nitrogen and oxygen atoms in total. The van der Waals surface area contributed by atoms with Crippen LogP contribution in [0.5, 0.6) is 17.2 Å². The second-order valence-corrected chi connectivity index (χ2v) is 6.72. The zero-order valence-electron chi connectivity index (χ0n) is 16.4. The fourth-order valence-electron chi connectivity index (χ4n) is 3.09. The maximum absolute atomic E-state index is 12.9. The molecule has 0 saturated heterocycles. The molecule has 0 unspecified atom stereocenters. The van der Waals surface area contributed by atoms with Gasteiger partial charge in [0.15, 0.2) is 0 Å². The van der Waals surface area contributed by atoms with E-state index in [0.29, 0.717) is 22.3 Å². The molecule has 0 saturated carbocycles. The van der Waals surface area contributed by atoms with Crippen molar-refractivity contribution in [2.75, 3.05) is 0 Å². The first-order valence-corrected chi connectivity index (χ1v) is 9.58. The molecule has 0 spiro atoms. The summed E-state index contributed by atoms with van der Waals surface area (Å²) in [4.78, 5) is 25.1. The van der Waals surface area contributed by atoms with E-state index >= 15 is 0 Å². The molecular weight excluding hydrogens is 392 g/mol. The van der Waals surface area contributed by atoms with Crippen LogP contribution in [-0.2, 0) is 0 Å². The number of hydrogen-bond donors (Lipinski definition) is 1. The summed E-state index contributed by atoms with van der Waals surface area (Å²) in [5, 5.41) is 9.77. The van der Waals surface area contributed by atoms with Crippen molar-refractivity contribution in [2.45, 2.75) is 0 Å². The fraction of sp³-hybridized carbons (Fsp3) is 0. The van der Waals surface area contributed by atoms with Crippen LogP contribution >= 0.6 is 0 Å². The molecule has 5 heteroatoms. The summed E-state index contributed by atoms with van der Waals surface area (Å²) in [7, 11) is 0. The Bertz CT molecular complexity index is 1230. The lowest BCUT2D eigenvalue weighted by molar-refractivity contribution is 0.0733. The third-order valence-corrected chi connectivity index (χ3v) is 4.54. The molecule has 0 fully saturated rings. The van der Waals surface area contributed by atoms with Crippen molar-refractivity contribution in [2.24, 2.45) is 0 Å². The number of phenolic OH excluding ortho intramolecular Hbond substituents is 1. The standard InChI is InChI=1S/C26H18O5/c27-20-11-6-10-19(16-20)23-14-4-5-15-24(23)26(29)31-22-13-7-12-21(17-22)30-25(28)18-8-2-1-3-9-18/h1-17,27H. The van der Waals surface area contributed by atoms with Crippen molar-refractivity contribution >= 4 is 11.9 Å². The predicted molar refractivity (Wildman–Crippen MR) is 116 cm³/mol. The van der Waals surface area contributed by atoms with Crippen LogP contribution in [0.15, 0.2) is 103 Å². The van der Waals surface area contributed by atoms with E-state index in [4.69, 9.17) is 9.47 Å². The van der Waals surface area contributed by atoms with E-state index in [1.807, 2.05) is 6.07 Å². The number of benzene rings is 4. The maximum Gasteiger partial charge on any atom is 0.344 e. The van der Waals surface area contributed by atoms with Crippen molar-refractivity contribution in [1.29, 1.82) is 0 Å². The Balaban J connectivity index is 1.54. The molecule has 1 N–H and O–H groups in total. The minimum atomic E-state index is -0.564. The third kappa shape index (κ3) is 4.79. The Hall–Kier alpha value is -4.38. The van der Waals surface area contributed by atoms with Crippen molar-refractivity contribution in [3.8, 4) is 28.4 Å². The molecule has 0 atom stereocenters. The quantitative estimate of drug-likeness (QED) is 0.348. The highest BCUT2D eigenvalue weighted by molar-refractivity contribution is 5.98. The molecule has 0 radical (unpaired) electrons. The first-order valence-electron chi connectivity index (χ1n) is 9.58. The lowest BCUT2D eigenvalue weighted by Crippen LogP contribution is -2.11. The zero-order chi connectivity index (χ0) is 21.6. The number of phenols is 1. The molecule has 0 aliphatic carbocycles. The minimum absolute atomic E-state index is 0.105. The van der Waals surface area contributed by atoms with Crippen molar-refractivity contribution in [3.63, 3.8) is 0 Å². The normalized spacial score (nSPS) is 10.3. The van der Waals surface area contributed by atoms with Crippen LogP contribution in [0.3, 0.4) is 0 Å². The van der Waals surface area contributed by atoms with Gasteiger partial charge >= 0.3 is 11.9 Å². The van der Waals surface area contributed by atoms with Crippen molar-refractivity contribution < 1.29 is 24.2 Å². The molecular formula is C26H18O5. The Morgan fingerprint density at radius 2 is 1.26 bits per heavy atom. The van der Waals surface area contributed by atoms with Crippen LogP contribution in [0.2, 0.25) is 0 Å². The van der Waals surface area contributed by atoms with E-state index in [9.17, 15) is 14.7 Å². The van der Waals surface area contributed by atoms with Gasteiger partial charge in [0.05, 0.1) is 11.1 Å². The molecule has 0 aromatic heterocycles. The molecule has 0 amide bonds. The number of aromatic hydroxyl groups is 1. The summed E-state index contributed by atoms with van der Waals surface area (Å²) >= 11 is 0. The van der Waals surface area contributed by atoms with Gasteiger partial charge in [-0.3, -0.25) is 0 Å². The van der Waals surface area contributed by atoms with E-state index in [2.05, 4.69) is 0 Å². The monoisotopic (exact) mass is 410 g/mol. The van der Waals surface area contributed by atoms with Crippen LogP contribution in [0.25, 0.3) is 11.1 Å². The average Bonchev–Trinajstić information content (AvgIpc) is 2.80. The lowest BCUT2D eigenvalue weighted by atomic mass is 9.99. The van der Waals surface area contributed by atoms with E-state index in [1.54, 1.807) is 91.0 Å². The Morgan fingerprint density at radius 1 is 0.613 bits per heavy atom. The maximum atomic E-state index is 12.9. The summed E-state index contributed by atoms with van der Waals surface area (Å²) in [6.45, 7) is 0. The highest BCUT2D eigenvalue weighted by Crippen LogP contribution is 2.28. The van der Waals surface area contributed by atoms with Crippen molar-refractivity contribution in [3.05, 3.63) is 114 Å². The van der Waals surface area contributed by atoms with E-state index in [0.717, 1.165) is 0 Å². The van der Waals surface area contributed by atoms with Crippen LogP contribution in [0.4, 0.5) is 0 Å². The van der Waals surface area contributed by atoms with Gasteiger partial charge in [0.25, 0.3) is 0 Å². The number of esters is 2. The zero-order valence-corrected chi connectivity index (χ0v) is 16.4. The molecule has 0 heterocycles. The topological polar surface area (TPSA) is 72.8 Å². The fourth-order valence-corrected chi connectivity index (χ4v) is 3.09. The van der Waals surface area contributed by atoms with Crippen molar-refractivity contribution in [1.82, 2.24) is 0 Å². The SMILES string of the molecule is O=C(Oc1cccc(OC(=O)c2ccccc2-c2cccc(O)c2)c1)c1ccccc1. The Kier molecular flexibility index (Phi) is 5.76. The first-order chi connectivity index (χ1) is 15.1. The first kappa shape index (κ1) is 19.9. The van der Waals surface area contributed by atoms with Gasteiger partial charge in [-0.1, -0.05) is 54.6 Å². The van der Waals surface area contributed by atoms with Crippen LogP contribution in [-0.4, -0.2) is 17.0 Å². The summed E-state index contributed by atoms with van der Waals surface area (Å²) in [6, 6.07) is 28.6. The Morgan fingerprint density at radius 3 is 2.00 bits per heavy atom. The number of carbonyl (C=O) groups is 2. The van der Waals surface area contributed by atoms with E-state index in [-0.39, 0.29) is 17.2 Å². The van der Waals surface area contributed by atoms with Crippen LogP contribution < -0.4 is 9.47 Å². The van der Waals surface area contributed by atoms with Gasteiger partial charge in [0.1, 0.15) is 17.2 Å². The third-order valence-electron chi connectivity index (χ3n) is 4.54. The molecule has 0 bridgehead atoms. The van der Waals surface area contributed by atoms with Gasteiger partial charge in [0, 0.05) is 6.07 Å². The van der Waals surface area contributed by atoms with E-state index < -0.39 is 11.9 Å².